The molecule has 0 aliphatic heterocycles. The fourth-order valence-corrected chi connectivity index (χ4v) is 3.82. The molecule has 0 aliphatic rings. The van der Waals surface area contributed by atoms with Crippen LogP contribution in [0.1, 0.15) is 33.3 Å². The first-order valence-corrected chi connectivity index (χ1v) is 11.7. The first-order valence-electron chi connectivity index (χ1n) is 11.7. The Kier molecular flexibility index (Phi) is 6.62. The Morgan fingerprint density at radius 1 is 1.05 bits per heavy atom. The number of aryl methyl sites for hydroxylation is 1. The van der Waals surface area contributed by atoms with Crippen molar-refractivity contribution < 1.29 is 19.1 Å². The molecule has 10 nitrogen and oxygen atoms in total. The maximum Gasteiger partial charge on any atom is 0.343 e. The lowest BCUT2D eigenvalue weighted by Crippen LogP contribution is -2.14. The van der Waals surface area contributed by atoms with Crippen molar-refractivity contribution in [3.05, 3.63) is 96.1 Å². The van der Waals surface area contributed by atoms with Crippen LogP contribution in [0.5, 0.6) is 5.75 Å². The number of nitrogens with one attached hydrogen (secondary N) is 1. The summed E-state index contributed by atoms with van der Waals surface area (Å²) < 4.78 is 14.0. The molecule has 0 unspecified atom stereocenters. The standard InChI is InChI=1S/C27H24N6O4/c1-3-36-27(35)21-16-29-33-23(11-13-28-25(21)33)19-8-6-9-20(15-19)30-26(34)22-12-14-32(31-22)17-37-24-10-5-4-7-18(24)2/h4-16H,3,17H2,1-2H3,(H,30,34). The molecule has 0 saturated carbocycles. The van der Waals surface area contributed by atoms with E-state index in [1.807, 2.05) is 49.4 Å². The lowest BCUT2D eigenvalue weighted by Gasteiger charge is -2.09. The van der Waals surface area contributed by atoms with Crippen LogP contribution in [0.2, 0.25) is 0 Å². The zero-order valence-electron chi connectivity index (χ0n) is 20.3. The molecule has 3 heterocycles. The van der Waals surface area contributed by atoms with Gasteiger partial charge in [-0.2, -0.15) is 10.2 Å². The number of ether oxygens (including phenoxy) is 2. The Morgan fingerprint density at radius 2 is 1.92 bits per heavy atom. The fourth-order valence-electron chi connectivity index (χ4n) is 3.82. The largest absolute Gasteiger partial charge is 0.471 e. The Labute approximate surface area is 212 Å². The quantitative estimate of drug-likeness (QED) is 0.318. The van der Waals surface area contributed by atoms with Crippen LogP contribution in [0, 0.1) is 6.92 Å². The summed E-state index contributed by atoms with van der Waals surface area (Å²) >= 11 is 0. The molecule has 0 spiro atoms. The van der Waals surface area contributed by atoms with E-state index in [9.17, 15) is 9.59 Å². The molecule has 3 aromatic heterocycles. The van der Waals surface area contributed by atoms with E-state index in [1.165, 1.54) is 6.20 Å². The highest BCUT2D eigenvalue weighted by Gasteiger charge is 2.17. The summed E-state index contributed by atoms with van der Waals surface area (Å²) in [5, 5.41) is 11.5. The minimum atomic E-state index is -0.480. The molecular weight excluding hydrogens is 472 g/mol. The van der Waals surface area contributed by atoms with Crippen LogP contribution in [0.15, 0.2) is 79.3 Å². The van der Waals surface area contributed by atoms with Gasteiger partial charge in [0.15, 0.2) is 18.1 Å². The first-order chi connectivity index (χ1) is 18.0. The van der Waals surface area contributed by atoms with Crippen molar-refractivity contribution >= 4 is 23.2 Å². The summed E-state index contributed by atoms with van der Waals surface area (Å²) in [7, 11) is 0. The zero-order valence-corrected chi connectivity index (χ0v) is 20.3. The van der Waals surface area contributed by atoms with Gasteiger partial charge >= 0.3 is 5.97 Å². The Hall–Kier alpha value is -4.99. The van der Waals surface area contributed by atoms with E-state index in [1.54, 1.807) is 46.7 Å². The molecule has 37 heavy (non-hydrogen) atoms. The van der Waals surface area contributed by atoms with E-state index in [4.69, 9.17) is 9.47 Å². The average Bonchev–Trinajstić information content (AvgIpc) is 3.56. The molecule has 0 atom stereocenters. The van der Waals surface area contributed by atoms with Gasteiger partial charge in [-0.05, 0) is 49.7 Å². The van der Waals surface area contributed by atoms with Gasteiger partial charge in [-0.15, -0.1) is 0 Å². The monoisotopic (exact) mass is 496 g/mol. The maximum atomic E-state index is 12.8. The molecule has 0 aliphatic carbocycles. The zero-order chi connectivity index (χ0) is 25.8. The number of benzene rings is 2. The number of hydrogen-bond donors (Lipinski definition) is 1. The van der Waals surface area contributed by atoms with Crippen LogP contribution >= 0.6 is 0 Å². The molecule has 10 heteroatoms. The molecule has 0 fully saturated rings. The third kappa shape index (κ3) is 5.03. The van der Waals surface area contributed by atoms with Gasteiger partial charge in [0.2, 0.25) is 0 Å². The number of amides is 1. The van der Waals surface area contributed by atoms with Gasteiger partial charge in [0.05, 0.1) is 18.5 Å². The molecule has 186 valence electrons. The third-order valence-electron chi connectivity index (χ3n) is 5.63. The first kappa shape index (κ1) is 23.7. The Bertz CT molecular complexity index is 1590. The van der Waals surface area contributed by atoms with Crippen molar-refractivity contribution in [2.24, 2.45) is 0 Å². The van der Waals surface area contributed by atoms with E-state index < -0.39 is 5.97 Å². The highest BCUT2D eigenvalue weighted by Crippen LogP contribution is 2.24. The average molecular weight is 497 g/mol. The van der Waals surface area contributed by atoms with E-state index in [0.29, 0.717) is 17.0 Å². The number of carbonyl (C=O) groups excluding carboxylic acids is 2. The summed E-state index contributed by atoms with van der Waals surface area (Å²) in [5.74, 6) is -0.0696. The SMILES string of the molecule is CCOC(=O)c1cnn2c(-c3cccc(NC(=O)c4ccn(COc5ccccc5C)n4)c3)ccnc12. The number of nitrogens with zero attached hydrogens (tertiary/aromatic N) is 5. The van der Waals surface area contributed by atoms with Gasteiger partial charge in [0.1, 0.15) is 11.3 Å². The number of anilines is 1. The van der Waals surface area contributed by atoms with Crippen molar-refractivity contribution in [1.82, 2.24) is 24.4 Å². The normalized spacial score (nSPS) is 10.9. The molecular formula is C27H24N6O4. The lowest BCUT2D eigenvalue weighted by molar-refractivity contribution is 0.0528. The van der Waals surface area contributed by atoms with Crippen LogP contribution in [-0.4, -0.2) is 42.9 Å². The number of para-hydroxylation sites is 1. The molecule has 5 aromatic rings. The topological polar surface area (TPSA) is 113 Å². The smallest absolute Gasteiger partial charge is 0.343 e. The van der Waals surface area contributed by atoms with Crippen LogP contribution in [0.25, 0.3) is 16.9 Å². The highest BCUT2D eigenvalue weighted by molar-refractivity contribution is 6.03. The number of rotatable bonds is 8. The summed E-state index contributed by atoms with van der Waals surface area (Å²) in [6, 6.07) is 18.4. The molecule has 1 amide bonds. The van der Waals surface area contributed by atoms with Gasteiger partial charge in [0.25, 0.3) is 5.91 Å². The van der Waals surface area contributed by atoms with Crippen molar-refractivity contribution in [3.8, 4) is 17.0 Å². The second kappa shape index (κ2) is 10.3. The fraction of sp³-hybridized carbons (Fsp3) is 0.148. The van der Waals surface area contributed by atoms with Gasteiger partial charge in [-0.25, -0.2) is 19.0 Å². The van der Waals surface area contributed by atoms with Crippen LogP contribution in [0.4, 0.5) is 5.69 Å². The van der Waals surface area contributed by atoms with Gasteiger partial charge in [-0.1, -0.05) is 30.3 Å². The number of carbonyl (C=O) groups is 2. The minimum absolute atomic E-state index is 0.184. The molecule has 0 radical (unpaired) electrons. The molecule has 2 aromatic carbocycles. The number of aromatic nitrogens is 5. The number of fused-ring (bicyclic) bond motifs is 1. The number of hydrogen-bond acceptors (Lipinski definition) is 7. The third-order valence-corrected chi connectivity index (χ3v) is 5.63. The van der Waals surface area contributed by atoms with Crippen LogP contribution < -0.4 is 10.1 Å². The van der Waals surface area contributed by atoms with Gasteiger partial charge < -0.3 is 14.8 Å². The summed E-state index contributed by atoms with van der Waals surface area (Å²) in [5.41, 5.74) is 4.02. The maximum absolute atomic E-state index is 12.8. The molecule has 1 N–H and O–H groups in total. The van der Waals surface area contributed by atoms with Crippen LogP contribution in [0.3, 0.4) is 0 Å². The minimum Gasteiger partial charge on any atom is -0.471 e. The summed E-state index contributed by atoms with van der Waals surface area (Å²) in [6.07, 6.45) is 4.73. The van der Waals surface area contributed by atoms with Crippen molar-refractivity contribution in [1.29, 1.82) is 0 Å². The van der Waals surface area contributed by atoms with Crippen molar-refractivity contribution in [2.45, 2.75) is 20.6 Å². The van der Waals surface area contributed by atoms with E-state index in [0.717, 1.165) is 16.9 Å². The van der Waals surface area contributed by atoms with Crippen molar-refractivity contribution in [2.75, 3.05) is 11.9 Å². The van der Waals surface area contributed by atoms with E-state index >= 15 is 0 Å². The highest BCUT2D eigenvalue weighted by atomic mass is 16.5. The lowest BCUT2D eigenvalue weighted by atomic mass is 10.1. The number of esters is 1. The molecule has 5 rings (SSSR count). The van der Waals surface area contributed by atoms with E-state index in [2.05, 4.69) is 20.5 Å². The second-order valence-corrected chi connectivity index (χ2v) is 8.16. The predicted molar refractivity (Wildman–Crippen MR) is 136 cm³/mol. The summed E-state index contributed by atoms with van der Waals surface area (Å²) in [6.45, 7) is 4.15. The van der Waals surface area contributed by atoms with Crippen molar-refractivity contribution in [3.63, 3.8) is 0 Å². The predicted octanol–water partition coefficient (Wildman–Crippen LogP) is 4.37. The Morgan fingerprint density at radius 3 is 2.76 bits per heavy atom. The van der Waals surface area contributed by atoms with Gasteiger partial charge in [-0.3, -0.25) is 4.79 Å². The Balaban J connectivity index is 1.31. The van der Waals surface area contributed by atoms with Crippen LogP contribution in [-0.2, 0) is 11.5 Å². The second-order valence-electron chi connectivity index (χ2n) is 8.16. The van der Waals surface area contributed by atoms with Gasteiger partial charge in [0, 0.05) is 23.6 Å². The molecule has 0 bridgehead atoms. The molecule has 0 saturated heterocycles. The summed E-state index contributed by atoms with van der Waals surface area (Å²) in [4.78, 5) is 29.4. The van der Waals surface area contributed by atoms with E-state index in [-0.39, 0.29) is 30.5 Å².